The summed E-state index contributed by atoms with van der Waals surface area (Å²) in [6.45, 7) is 1.86. The lowest BCUT2D eigenvalue weighted by Crippen LogP contribution is -2.45. The Morgan fingerprint density at radius 3 is 2.43 bits per heavy atom. The lowest BCUT2D eigenvalue weighted by Gasteiger charge is -2.22. The van der Waals surface area contributed by atoms with Crippen molar-refractivity contribution in [3.8, 4) is 0 Å². The van der Waals surface area contributed by atoms with E-state index in [-0.39, 0.29) is 5.75 Å². The van der Waals surface area contributed by atoms with Crippen molar-refractivity contribution in [2.45, 2.75) is 51.5 Å². The van der Waals surface area contributed by atoms with Gasteiger partial charge in [0.05, 0.1) is 5.75 Å². The standard InChI is InChI=1S/C9H20N2O2S/c1-2-8-14(12,13)11-10-9-6-4-3-5-7-9/h9-11H,2-8H2,1H3. The quantitative estimate of drug-likeness (QED) is 0.683. The van der Waals surface area contributed by atoms with Gasteiger partial charge in [0, 0.05) is 6.04 Å². The van der Waals surface area contributed by atoms with Crippen molar-refractivity contribution >= 4 is 10.0 Å². The summed E-state index contributed by atoms with van der Waals surface area (Å²) in [4.78, 5) is 2.45. The Balaban J connectivity index is 2.24. The first-order chi connectivity index (χ1) is 6.64. The van der Waals surface area contributed by atoms with E-state index < -0.39 is 10.0 Å². The first kappa shape index (κ1) is 11.9. The molecule has 0 saturated heterocycles. The van der Waals surface area contributed by atoms with Crippen molar-refractivity contribution in [1.82, 2.24) is 10.3 Å². The molecule has 1 saturated carbocycles. The lowest BCUT2D eigenvalue weighted by molar-refractivity contribution is 0.361. The minimum absolute atomic E-state index is 0.201. The summed E-state index contributed by atoms with van der Waals surface area (Å²) in [7, 11) is -3.09. The smallest absolute Gasteiger partial charge is 0.224 e. The Morgan fingerprint density at radius 1 is 1.21 bits per heavy atom. The largest absolute Gasteiger partial charge is 0.241 e. The van der Waals surface area contributed by atoms with E-state index in [1.807, 2.05) is 6.92 Å². The van der Waals surface area contributed by atoms with Crippen molar-refractivity contribution in [2.75, 3.05) is 5.75 Å². The molecule has 0 aromatic heterocycles. The summed E-state index contributed by atoms with van der Waals surface area (Å²) in [6.07, 6.45) is 6.49. The lowest BCUT2D eigenvalue weighted by atomic mass is 9.96. The summed E-state index contributed by atoms with van der Waals surface area (Å²) in [6, 6.07) is 0.329. The first-order valence-electron chi connectivity index (χ1n) is 5.39. The molecule has 0 bridgehead atoms. The van der Waals surface area contributed by atoms with Crippen LogP contribution in [0.4, 0.5) is 0 Å². The molecule has 2 N–H and O–H groups in total. The van der Waals surface area contributed by atoms with Crippen LogP contribution in [-0.4, -0.2) is 20.2 Å². The van der Waals surface area contributed by atoms with E-state index in [1.54, 1.807) is 0 Å². The molecule has 0 heterocycles. The van der Waals surface area contributed by atoms with Crippen LogP contribution in [0.25, 0.3) is 0 Å². The van der Waals surface area contributed by atoms with Gasteiger partial charge in [-0.1, -0.05) is 26.2 Å². The van der Waals surface area contributed by atoms with Gasteiger partial charge >= 0.3 is 0 Å². The van der Waals surface area contributed by atoms with Gasteiger partial charge < -0.3 is 0 Å². The van der Waals surface area contributed by atoms with Crippen LogP contribution in [0.1, 0.15) is 45.4 Å². The fraction of sp³-hybridized carbons (Fsp3) is 1.00. The van der Waals surface area contributed by atoms with Crippen LogP contribution >= 0.6 is 0 Å². The molecule has 0 aliphatic heterocycles. The van der Waals surface area contributed by atoms with Gasteiger partial charge in [0.2, 0.25) is 10.0 Å². The fourth-order valence-electron chi connectivity index (χ4n) is 1.74. The summed E-state index contributed by atoms with van der Waals surface area (Å²) < 4.78 is 22.6. The minimum Gasteiger partial charge on any atom is -0.241 e. The van der Waals surface area contributed by atoms with Crippen molar-refractivity contribution in [2.24, 2.45) is 0 Å². The van der Waals surface area contributed by atoms with Crippen LogP contribution in [0.2, 0.25) is 0 Å². The van der Waals surface area contributed by atoms with Gasteiger partial charge in [-0.2, -0.15) is 4.83 Å². The predicted molar refractivity (Wildman–Crippen MR) is 57.2 cm³/mol. The molecule has 4 nitrogen and oxygen atoms in total. The van der Waals surface area contributed by atoms with Crippen molar-refractivity contribution < 1.29 is 8.42 Å². The Kier molecular flexibility index (Phi) is 4.84. The van der Waals surface area contributed by atoms with Crippen molar-refractivity contribution in [3.05, 3.63) is 0 Å². The molecule has 14 heavy (non-hydrogen) atoms. The summed E-state index contributed by atoms with van der Waals surface area (Å²) in [5, 5.41) is 0. The third-order valence-electron chi connectivity index (χ3n) is 2.50. The van der Waals surface area contributed by atoms with Crippen molar-refractivity contribution in [1.29, 1.82) is 0 Å². The number of sulfonamides is 1. The summed E-state index contributed by atoms with van der Waals surface area (Å²) >= 11 is 0. The zero-order chi connectivity index (χ0) is 10.4. The summed E-state index contributed by atoms with van der Waals surface area (Å²) in [5.74, 6) is 0.201. The molecule has 1 aliphatic carbocycles. The predicted octanol–water partition coefficient (Wildman–Crippen LogP) is 1.15. The Hall–Kier alpha value is -0.130. The van der Waals surface area contributed by atoms with Crippen LogP contribution in [-0.2, 0) is 10.0 Å². The third kappa shape index (κ3) is 4.39. The Bertz CT molecular complexity index is 246. The van der Waals surface area contributed by atoms with Gasteiger partial charge in [-0.15, -0.1) is 0 Å². The maximum absolute atomic E-state index is 11.3. The van der Waals surface area contributed by atoms with Crippen LogP contribution in [0.15, 0.2) is 0 Å². The molecule has 5 heteroatoms. The first-order valence-corrected chi connectivity index (χ1v) is 7.04. The average molecular weight is 220 g/mol. The molecule has 0 radical (unpaired) electrons. The normalized spacial score (nSPS) is 19.8. The van der Waals surface area contributed by atoms with Crippen LogP contribution in [0.5, 0.6) is 0 Å². The molecule has 0 amide bonds. The summed E-state index contributed by atoms with van der Waals surface area (Å²) in [5.41, 5.74) is 2.91. The van der Waals surface area contributed by atoms with Crippen LogP contribution < -0.4 is 10.3 Å². The number of rotatable bonds is 5. The fourth-order valence-corrected chi connectivity index (χ4v) is 2.73. The molecule has 0 atom stereocenters. The highest BCUT2D eigenvalue weighted by atomic mass is 32.2. The Morgan fingerprint density at radius 2 is 1.86 bits per heavy atom. The van der Waals surface area contributed by atoms with Crippen molar-refractivity contribution in [3.63, 3.8) is 0 Å². The maximum atomic E-state index is 11.3. The topological polar surface area (TPSA) is 58.2 Å². The van der Waals surface area contributed by atoms with Gasteiger partial charge in [-0.25, -0.2) is 13.8 Å². The molecule has 0 aromatic carbocycles. The van der Waals surface area contributed by atoms with E-state index in [9.17, 15) is 8.42 Å². The average Bonchev–Trinajstić information content (AvgIpc) is 2.17. The second-order valence-corrected chi connectivity index (χ2v) is 5.74. The highest BCUT2D eigenvalue weighted by Gasteiger charge is 2.15. The minimum atomic E-state index is -3.09. The zero-order valence-corrected chi connectivity index (χ0v) is 9.57. The second-order valence-electron chi connectivity index (χ2n) is 3.90. The number of hydrogen-bond acceptors (Lipinski definition) is 3. The van der Waals surface area contributed by atoms with Gasteiger partial charge in [0.1, 0.15) is 0 Å². The second kappa shape index (κ2) is 5.68. The molecular formula is C9H20N2O2S. The Labute approximate surface area is 86.5 Å². The number of nitrogens with one attached hydrogen (secondary N) is 2. The molecular weight excluding hydrogens is 200 g/mol. The molecule has 0 aromatic rings. The highest BCUT2D eigenvalue weighted by molar-refractivity contribution is 7.89. The van der Waals surface area contributed by atoms with E-state index in [2.05, 4.69) is 10.3 Å². The molecule has 1 rings (SSSR count). The van der Waals surface area contributed by atoms with E-state index in [0.29, 0.717) is 12.5 Å². The third-order valence-corrected chi connectivity index (χ3v) is 3.87. The van der Waals surface area contributed by atoms with E-state index in [0.717, 1.165) is 12.8 Å². The monoisotopic (exact) mass is 220 g/mol. The van der Waals surface area contributed by atoms with E-state index >= 15 is 0 Å². The number of hydrogen-bond donors (Lipinski definition) is 2. The molecule has 0 spiro atoms. The van der Waals surface area contributed by atoms with E-state index in [1.165, 1.54) is 19.3 Å². The molecule has 1 aliphatic rings. The highest BCUT2D eigenvalue weighted by Crippen LogP contribution is 2.16. The number of hydrazine groups is 1. The maximum Gasteiger partial charge on any atom is 0.224 e. The SMILES string of the molecule is CCCS(=O)(=O)NNC1CCCCC1. The molecule has 1 fully saturated rings. The van der Waals surface area contributed by atoms with Gasteiger partial charge in [0.15, 0.2) is 0 Å². The van der Waals surface area contributed by atoms with Gasteiger partial charge in [0.25, 0.3) is 0 Å². The van der Waals surface area contributed by atoms with Crippen LogP contribution in [0.3, 0.4) is 0 Å². The van der Waals surface area contributed by atoms with Gasteiger partial charge in [-0.3, -0.25) is 0 Å². The molecule has 0 unspecified atom stereocenters. The van der Waals surface area contributed by atoms with E-state index in [4.69, 9.17) is 0 Å². The van der Waals surface area contributed by atoms with Gasteiger partial charge in [-0.05, 0) is 19.3 Å². The molecule has 84 valence electrons. The van der Waals surface area contributed by atoms with Crippen LogP contribution in [0, 0.1) is 0 Å². The zero-order valence-electron chi connectivity index (χ0n) is 8.75.